The van der Waals surface area contributed by atoms with E-state index in [-0.39, 0.29) is 6.10 Å². The Morgan fingerprint density at radius 2 is 2.24 bits per heavy atom. The van der Waals surface area contributed by atoms with Crippen molar-refractivity contribution in [2.24, 2.45) is 0 Å². The van der Waals surface area contributed by atoms with Gasteiger partial charge >= 0.3 is 0 Å². The lowest BCUT2D eigenvalue weighted by Crippen LogP contribution is -2.18. The van der Waals surface area contributed by atoms with Crippen LogP contribution in [0.4, 0.5) is 0 Å². The number of hydrogen-bond donors (Lipinski definition) is 1. The van der Waals surface area contributed by atoms with Gasteiger partial charge in [-0.05, 0) is 45.7 Å². The monoisotopic (exact) mass is 287 g/mol. The van der Waals surface area contributed by atoms with Gasteiger partial charge in [0.2, 0.25) is 0 Å². The maximum Gasteiger partial charge on any atom is 0.127 e. The van der Waals surface area contributed by atoms with E-state index in [9.17, 15) is 0 Å². The molecule has 114 valence electrons. The van der Waals surface area contributed by atoms with E-state index < -0.39 is 0 Å². The van der Waals surface area contributed by atoms with E-state index in [1.807, 2.05) is 6.92 Å². The summed E-state index contributed by atoms with van der Waals surface area (Å²) in [4.78, 5) is 0. The van der Waals surface area contributed by atoms with E-state index in [1.165, 1.54) is 24.0 Å². The van der Waals surface area contributed by atoms with Crippen molar-refractivity contribution < 1.29 is 9.47 Å². The molecule has 0 radical (unpaired) electrons. The summed E-state index contributed by atoms with van der Waals surface area (Å²) in [6.07, 6.45) is 6.10. The smallest absolute Gasteiger partial charge is 0.127 e. The normalized spacial score (nSPS) is 21.1. The molecule has 1 N–H and O–H groups in total. The maximum absolute atomic E-state index is 5.87. The molecule has 1 aromatic rings. The quantitative estimate of drug-likeness (QED) is 0.867. The molecule has 1 fully saturated rings. The third-order valence-corrected chi connectivity index (χ3v) is 3.98. The Kier molecular flexibility index (Phi) is 4.20. The Hall–Kier alpha value is -1.48. The average molecular weight is 287 g/mol. The fourth-order valence-corrected chi connectivity index (χ4v) is 2.76. The zero-order valence-corrected chi connectivity index (χ0v) is 13.2. The van der Waals surface area contributed by atoms with Crippen molar-refractivity contribution in [1.29, 1.82) is 0 Å². The van der Waals surface area contributed by atoms with E-state index >= 15 is 0 Å². The van der Waals surface area contributed by atoms with Gasteiger partial charge < -0.3 is 14.8 Å². The molecule has 2 aliphatic rings. The predicted octanol–water partition coefficient (Wildman–Crippen LogP) is 3.56. The first-order valence-corrected chi connectivity index (χ1v) is 8.02. The Labute approximate surface area is 127 Å². The SMILES string of the molecule is CCOc1cc2c(cc1C=C(C)CNC1CC1)OC(C)C2. The van der Waals surface area contributed by atoms with E-state index in [4.69, 9.17) is 9.47 Å². The van der Waals surface area contributed by atoms with Gasteiger partial charge in [-0.1, -0.05) is 11.6 Å². The van der Waals surface area contributed by atoms with Crippen LogP contribution in [0.5, 0.6) is 11.5 Å². The summed E-state index contributed by atoms with van der Waals surface area (Å²) in [7, 11) is 0. The molecule has 3 rings (SSSR count). The number of nitrogens with one attached hydrogen (secondary N) is 1. The zero-order chi connectivity index (χ0) is 14.8. The standard InChI is InChI=1S/C18H25NO2/c1-4-20-17-9-15-8-13(3)21-18(15)10-14(17)7-12(2)11-19-16-5-6-16/h7,9-10,13,16,19H,4-6,8,11H2,1-3H3. The summed E-state index contributed by atoms with van der Waals surface area (Å²) in [5, 5.41) is 3.55. The molecule has 0 spiro atoms. The minimum absolute atomic E-state index is 0.270. The zero-order valence-electron chi connectivity index (χ0n) is 13.2. The largest absolute Gasteiger partial charge is 0.493 e. The molecule has 0 bridgehead atoms. The lowest BCUT2D eigenvalue weighted by Gasteiger charge is -2.11. The summed E-state index contributed by atoms with van der Waals surface area (Å²) in [5.74, 6) is 1.99. The molecule has 21 heavy (non-hydrogen) atoms. The van der Waals surface area contributed by atoms with Crippen LogP contribution in [-0.2, 0) is 6.42 Å². The van der Waals surface area contributed by atoms with Crippen LogP contribution in [0.25, 0.3) is 6.08 Å². The molecule has 1 saturated carbocycles. The van der Waals surface area contributed by atoms with Gasteiger partial charge in [0.05, 0.1) is 6.61 Å². The molecule has 1 aliphatic heterocycles. The first kappa shape index (κ1) is 14.5. The highest BCUT2D eigenvalue weighted by Crippen LogP contribution is 2.36. The molecular formula is C18H25NO2. The molecule has 1 aliphatic carbocycles. The van der Waals surface area contributed by atoms with Gasteiger partial charge in [0.25, 0.3) is 0 Å². The highest BCUT2D eigenvalue weighted by Gasteiger charge is 2.22. The Bertz CT molecular complexity index is 546. The maximum atomic E-state index is 5.87. The van der Waals surface area contributed by atoms with Crippen molar-refractivity contribution in [1.82, 2.24) is 5.32 Å². The van der Waals surface area contributed by atoms with Crippen molar-refractivity contribution in [3.8, 4) is 11.5 Å². The van der Waals surface area contributed by atoms with Crippen LogP contribution in [0.15, 0.2) is 17.7 Å². The van der Waals surface area contributed by atoms with Crippen LogP contribution >= 0.6 is 0 Å². The van der Waals surface area contributed by atoms with Crippen LogP contribution in [0.3, 0.4) is 0 Å². The van der Waals surface area contributed by atoms with E-state index in [0.717, 1.165) is 36.1 Å². The van der Waals surface area contributed by atoms with Gasteiger partial charge in [0.15, 0.2) is 0 Å². The summed E-state index contributed by atoms with van der Waals surface area (Å²) in [6, 6.07) is 5.02. The van der Waals surface area contributed by atoms with E-state index in [2.05, 4.69) is 37.4 Å². The summed E-state index contributed by atoms with van der Waals surface area (Å²) >= 11 is 0. The van der Waals surface area contributed by atoms with Gasteiger partial charge in [-0.2, -0.15) is 0 Å². The topological polar surface area (TPSA) is 30.5 Å². The van der Waals surface area contributed by atoms with E-state index in [0.29, 0.717) is 6.61 Å². The van der Waals surface area contributed by atoms with Gasteiger partial charge in [-0.15, -0.1) is 0 Å². The van der Waals surface area contributed by atoms with Crippen LogP contribution in [-0.4, -0.2) is 25.3 Å². The second-order valence-corrected chi connectivity index (χ2v) is 6.21. The molecule has 1 heterocycles. The van der Waals surface area contributed by atoms with Gasteiger partial charge in [0.1, 0.15) is 17.6 Å². The Balaban J connectivity index is 1.81. The minimum atomic E-state index is 0.270. The molecule has 0 saturated heterocycles. The second-order valence-electron chi connectivity index (χ2n) is 6.21. The number of benzene rings is 1. The number of fused-ring (bicyclic) bond motifs is 1. The third kappa shape index (κ3) is 3.59. The van der Waals surface area contributed by atoms with Crippen LogP contribution in [0.2, 0.25) is 0 Å². The summed E-state index contributed by atoms with van der Waals surface area (Å²) < 4.78 is 11.7. The van der Waals surface area contributed by atoms with Gasteiger partial charge in [-0.3, -0.25) is 0 Å². The summed E-state index contributed by atoms with van der Waals surface area (Å²) in [5.41, 5.74) is 3.71. The van der Waals surface area contributed by atoms with Crippen molar-refractivity contribution in [2.75, 3.05) is 13.2 Å². The first-order chi connectivity index (χ1) is 10.2. The highest BCUT2D eigenvalue weighted by molar-refractivity contribution is 5.64. The van der Waals surface area contributed by atoms with Gasteiger partial charge in [-0.25, -0.2) is 0 Å². The predicted molar refractivity (Wildman–Crippen MR) is 86.1 cm³/mol. The fourth-order valence-electron chi connectivity index (χ4n) is 2.76. The van der Waals surface area contributed by atoms with Crippen LogP contribution < -0.4 is 14.8 Å². The first-order valence-electron chi connectivity index (χ1n) is 8.02. The van der Waals surface area contributed by atoms with Crippen molar-refractivity contribution in [3.63, 3.8) is 0 Å². The number of ether oxygens (including phenoxy) is 2. The molecule has 1 unspecified atom stereocenters. The lowest BCUT2D eigenvalue weighted by atomic mass is 10.0. The van der Waals surface area contributed by atoms with Crippen molar-refractivity contribution in [3.05, 3.63) is 28.8 Å². The van der Waals surface area contributed by atoms with Crippen LogP contribution in [0.1, 0.15) is 44.7 Å². The Morgan fingerprint density at radius 1 is 1.43 bits per heavy atom. The highest BCUT2D eigenvalue weighted by atomic mass is 16.5. The molecule has 3 nitrogen and oxygen atoms in total. The fraction of sp³-hybridized carbons (Fsp3) is 0.556. The summed E-state index contributed by atoms with van der Waals surface area (Å²) in [6.45, 7) is 7.95. The van der Waals surface area contributed by atoms with Crippen molar-refractivity contribution >= 4 is 6.08 Å². The molecule has 0 amide bonds. The molecule has 3 heteroatoms. The van der Waals surface area contributed by atoms with Gasteiger partial charge in [0, 0.05) is 30.1 Å². The molecular weight excluding hydrogens is 262 g/mol. The average Bonchev–Trinajstić information content (AvgIpc) is 3.19. The minimum Gasteiger partial charge on any atom is -0.493 e. The number of rotatable bonds is 6. The molecule has 1 aromatic carbocycles. The molecule has 0 aromatic heterocycles. The lowest BCUT2D eigenvalue weighted by molar-refractivity contribution is 0.254. The van der Waals surface area contributed by atoms with Crippen LogP contribution in [0, 0.1) is 0 Å². The van der Waals surface area contributed by atoms with Crippen molar-refractivity contribution in [2.45, 2.75) is 52.2 Å². The Morgan fingerprint density at radius 3 is 2.95 bits per heavy atom. The molecule has 1 atom stereocenters. The third-order valence-electron chi connectivity index (χ3n) is 3.98. The second kappa shape index (κ2) is 6.10. The number of hydrogen-bond acceptors (Lipinski definition) is 3. The van der Waals surface area contributed by atoms with E-state index in [1.54, 1.807) is 0 Å².